The number of aromatic nitrogens is 1. The van der Waals surface area contributed by atoms with Crippen LogP contribution in [0.15, 0.2) is 60.7 Å². The van der Waals surface area contributed by atoms with E-state index in [2.05, 4.69) is 31.1 Å². The van der Waals surface area contributed by atoms with Gasteiger partial charge in [0.2, 0.25) is 0 Å². The molecule has 3 aromatic carbocycles. The zero-order valence-electron chi connectivity index (χ0n) is 19.7. The van der Waals surface area contributed by atoms with Gasteiger partial charge in [-0.15, -0.1) is 11.3 Å². The Kier molecular flexibility index (Phi) is 6.65. The molecule has 0 unspecified atom stereocenters. The Labute approximate surface area is 213 Å². The van der Waals surface area contributed by atoms with Crippen LogP contribution in [-0.4, -0.2) is 16.5 Å². The van der Waals surface area contributed by atoms with Crippen LogP contribution in [0.25, 0.3) is 20.8 Å². The van der Waals surface area contributed by atoms with Crippen molar-refractivity contribution in [3.05, 3.63) is 76.3 Å². The highest BCUT2D eigenvalue weighted by molar-refractivity contribution is 7.21. The van der Waals surface area contributed by atoms with E-state index in [1.807, 2.05) is 48.5 Å². The summed E-state index contributed by atoms with van der Waals surface area (Å²) in [5.41, 5.74) is 2.15. The molecule has 0 saturated heterocycles. The first kappa shape index (κ1) is 24.5. The minimum atomic E-state index is -1.14. The summed E-state index contributed by atoms with van der Waals surface area (Å²) in [5.74, 6) is 0.289. The first-order valence-corrected chi connectivity index (χ1v) is 12.5. The topological polar surface area (TPSA) is 51.2 Å². The van der Waals surface area contributed by atoms with Crippen LogP contribution in [0.2, 0.25) is 10.0 Å². The molecule has 1 amide bonds. The standard InChI is InChI=1S/C27H26Cl2N2O2S/c1-26(2,3)16-10-12-17(13-11-16)33-27(4,5)25(32)31-22-14-18(19(28)15-20(22)29)24-30-21-8-6-7-9-23(21)34-24/h6-15H,1-5H3,(H,31,32). The largest absolute Gasteiger partial charge is 0.478 e. The van der Waals surface area contributed by atoms with Crippen LogP contribution in [0.1, 0.15) is 40.2 Å². The summed E-state index contributed by atoms with van der Waals surface area (Å²) < 4.78 is 7.09. The van der Waals surface area contributed by atoms with Crippen LogP contribution in [0.4, 0.5) is 5.69 Å². The van der Waals surface area contributed by atoms with Crippen molar-refractivity contribution in [2.75, 3.05) is 5.32 Å². The molecule has 0 aliphatic rings. The van der Waals surface area contributed by atoms with Crippen LogP contribution in [0.5, 0.6) is 5.75 Å². The second-order valence-corrected chi connectivity index (χ2v) is 11.5. The van der Waals surface area contributed by atoms with Crippen LogP contribution in [-0.2, 0) is 10.2 Å². The van der Waals surface area contributed by atoms with Gasteiger partial charge in [0.05, 0.1) is 25.9 Å². The molecule has 1 N–H and O–H groups in total. The fourth-order valence-electron chi connectivity index (χ4n) is 3.43. The molecule has 0 radical (unpaired) electrons. The minimum absolute atomic E-state index is 0.0394. The van der Waals surface area contributed by atoms with Crippen molar-refractivity contribution in [2.24, 2.45) is 0 Å². The van der Waals surface area contributed by atoms with E-state index in [0.29, 0.717) is 27.0 Å². The SMILES string of the molecule is CC(C)(Oc1ccc(C(C)(C)C)cc1)C(=O)Nc1cc(-c2nc3ccccc3s2)c(Cl)cc1Cl. The Bertz CT molecular complexity index is 1320. The zero-order valence-corrected chi connectivity index (χ0v) is 22.0. The summed E-state index contributed by atoms with van der Waals surface area (Å²) in [6, 6.07) is 19.1. The van der Waals surface area contributed by atoms with Crippen LogP contribution in [0, 0.1) is 0 Å². The highest BCUT2D eigenvalue weighted by atomic mass is 35.5. The molecule has 0 fully saturated rings. The number of fused-ring (bicyclic) bond motifs is 1. The highest BCUT2D eigenvalue weighted by Crippen LogP contribution is 2.39. The second kappa shape index (κ2) is 9.21. The third-order valence-corrected chi connectivity index (χ3v) is 7.16. The van der Waals surface area contributed by atoms with E-state index in [-0.39, 0.29) is 11.3 Å². The summed E-state index contributed by atoms with van der Waals surface area (Å²) in [6.45, 7) is 9.90. The second-order valence-electron chi connectivity index (χ2n) is 9.64. The lowest BCUT2D eigenvalue weighted by atomic mass is 9.87. The third-order valence-electron chi connectivity index (χ3n) is 5.47. The van der Waals surface area contributed by atoms with E-state index in [1.54, 1.807) is 26.0 Å². The lowest BCUT2D eigenvalue weighted by molar-refractivity contribution is -0.128. The molecule has 0 bridgehead atoms. The number of carbonyl (C=O) groups excluding carboxylic acids is 1. The van der Waals surface area contributed by atoms with Gasteiger partial charge >= 0.3 is 0 Å². The van der Waals surface area contributed by atoms with E-state index in [9.17, 15) is 4.79 Å². The number of hydrogen-bond donors (Lipinski definition) is 1. The Morgan fingerprint density at radius 2 is 1.62 bits per heavy atom. The van der Waals surface area contributed by atoms with Gasteiger partial charge in [0, 0.05) is 5.56 Å². The number of benzene rings is 3. The third kappa shape index (κ3) is 5.22. The van der Waals surface area contributed by atoms with Crippen molar-refractivity contribution in [3.8, 4) is 16.3 Å². The Morgan fingerprint density at radius 1 is 0.941 bits per heavy atom. The molecule has 4 nitrogen and oxygen atoms in total. The number of nitrogens with zero attached hydrogens (tertiary/aromatic N) is 1. The quantitative estimate of drug-likeness (QED) is 0.292. The van der Waals surface area contributed by atoms with Crippen LogP contribution in [0.3, 0.4) is 0 Å². The molecule has 4 aromatic rings. The number of thiazole rings is 1. The van der Waals surface area contributed by atoms with Crippen molar-refractivity contribution in [2.45, 2.75) is 45.6 Å². The first-order valence-electron chi connectivity index (χ1n) is 10.9. The van der Waals surface area contributed by atoms with Gasteiger partial charge in [0.1, 0.15) is 10.8 Å². The number of para-hydroxylation sites is 1. The number of amides is 1. The molecule has 0 spiro atoms. The van der Waals surface area contributed by atoms with Gasteiger partial charge in [-0.25, -0.2) is 4.98 Å². The van der Waals surface area contributed by atoms with Gasteiger partial charge in [-0.3, -0.25) is 4.79 Å². The summed E-state index contributed by atoms with van der Waals surface area (Å²) >= 11 is 14.4. The Balaban J connectivity index is 1.56. The van der Waals surface area contributed by atoms with Crippen LogP contribution >= 0.6 is 34.5 Å². The zero-order chi connectivity index (χ0) is 24.7. The maximum absolute atomic E-state index is 13.1. The maximum Gasteiger partial charge on any atom is 0.268 e. The smallest absolute Gasteiger partial charge is 0.268 e. The van der Waals surface area contributed by atoms with Crippen molar-refractivity contribution in [1.29, 1.82) is 0 Å². The molecule has 34 heavy (non-hydrogen) atoms. The number of carbonyl (C=O) groups is 1. The molecule has 0 saturated carbocycles. The molecular weight excluding hydrogens is 487 g/mol. The van der Waals surface area contributed by atoms with E-state index in [0.717, 1.165) is 15.2 Å². The molecule has 0 aliphatic heterocycles. The van der Waals surface area contributed by atoms with E-state index < -0.39 is 5.60 Å². The Hall–Kier alpha value is -2.60. The van der Waals surface area contributed by atoms with Crippen molar-refractivity contribution in [1.82, 2.24) is 4.98 Å². The molecule has 0 atom stereocenters. The summed E-state index contributed by atoms with van der Waals surface area (Å²) in [7, 11) is 0. The predicted molar refractivity (Wildman–Crippen MR) is 144 cm³/mol. The average Bonchev–Trinajstić information content (AvgIpc) is 3.19. The van der Waals surface area contributed by atoms with Gasteiger partial charge < -0.3 is 10.1 Å². The molecule has 0 aliphatic carbocycles. The van der Waals surface area contributed by atoms with E-state index >= 15 is 0 Å². The fourth-order valence-corrected chi connectivity index (χ4v) is 5.00. The van der Waals surface area contributed by atoms with Gasteiger partial charge in [-0.1, -0.05) is 68.2 Å². The molecule has 4 rings (SSSR count). The lowest BCUT2D eigenvalue weighted by Gasteiger charge is -2.26. The Morgan fingerprint density at radius 3 is 2.26 bits per heavy atom. The monoisotopic (exact) mass is 512 g/mol. The van der Waals surface area contributed by atoms with Crippen molar-refractivity contribution in [3.63, 3.8) is 0 Å². The molecular formula is C27H26Cl2N2O2S. The molecule has 7 heteroatoms. The van der Waals surface area contributed by atoms with Gasteiger partial charge in [0.25, 0.3) is 5.91 Å². The van der Waals surface area contributed by atoms with E-state index in [4.69, 9.17) is 27.9 Å². The summed E-state index contributed by atoms with van der Waals surface area (Å²) in [5, 5.41) is 4.47. The number of ether oxygens (including phenoxy) is 1. The molecule has 1 aromatic heterocycles. The van der Waals surface area contributed by atoms with Crippen molar-refractivity contribution < 1.29 is 9.53 Å². The normalized spacial score (nSPS) is 12.1. The minimum Gasteiger partial charge on any atom is -0.478 e. The van der Waals surface area contributed by atoms with Crippen LogP contribution < -0.4 is 10.1 Å². The lowest BCUT2D eigenvalue weighted by Crippen LogP contribution is -2.42. The maximum atomic E-state index is 13.1. The number of nitrogens with one attached hydrogen (secondary N) is 1. The highest BCUT2D eigenvalue weighted by Gasteiger charge is 2.31. The number of anilines is 1. The summed E-state index contributed by atoms with van der Waals surface area (Å²) in [4.78, 5) is 17.8. The fraction of sp³-hybridized carbons (Fsp3) is 0.259. The number of halogens is 2. The van der Waals surface area contributed by atoms with Crippen molar-refractivity contribution >= 4 is 56.3 Å². The average molecular weight is 513 g/mol. The first-order chi connectivity index (χ1) is 15.9. The number of hydrogen-bond acceptors (Lipinski definition) is 4. The molecule has 1 heterocycles. The summed E-state index contributed by atoms with van der Waals surface area (Å²) in [6.07, 6.45) is 0. The predicted octanol–water partition coefficient (Wildman–Crippen LogP) is 8.36. The van der Waals surface area contributed by atoms with Gasteiger partial charge in [-0.2, -0.15) is 0 Å². The van der Waals surface area contributed by atoms with E-state index in [1.165, 1.54) is 16.9 Å². The number of rotatable bonds is 5. The molecule has 176 valence electrons. The van der Waals surface area contributed by atoms with Gasteiger partial charge in [0.15, 0.2) is 5.60 Å². The van der Waals surface area contributed by atoms with Gasteiger partial charge in [-0.05, 0) is 61.2 Å².